The van der Waals surface area contributed by atoms with E-state index in [1.54, 1.807) is 12.2 Å². The van der Waals surface area contributed by atoms with Gasteiger partial charge in [0, 0.05) is 12.8 Å². The Morgan fingerprint density at radius 1 is 1.25 bits per heavy atom. The standard InChI is InChI=1S/C21H32O3/c1-2-3-7-14-20(22)15-10-6-9-13-19-17-18(19)12-8-4-5-11-16-21(23)24/h4,8,10,15,18-20,22H,2-3,5,7,11-14,16-17H2,1H3,(H,23,24)/b8-4-,15-10+/t18-,19-,20+/m0/s1. The van der Waals surface area contributed by atoms with Gasteiger partial charge >= 0.3 is 5.97 Å². The first-order valence-corrected chi connectivity index (χ1v) is 9.33. The van der Waals surface area contributed by atoms with Crippen LogP contribution in [-0.2, 0) is 4.79 Å². The quantitative estimate of drug-likeness (QED) is 0.309. The summed E-state index contributed by atoms with van der Waals surface area (Å²) in [5.41, 5.74) is 0. The predicted molar refractivity (Wildman–Crippen MR) is 98.5 cm³/mol. The molecule has 0 aromatic heterocycles. The summed E-state index contributed by atoms with van der Waals surface area (Å²) in [5.74, 6) is 6.96. The Bertz CT molecular complexity index is 467. The monoisotopic (exact) mass is 332 g/mol. The average molecular weight is 332 g/mol. The molecule has 2 N–H and O–H groups in total. The molecule has 1 saturated carbocycles. The zero-order valence-electron chi connectivity index (χ0n) is 14.9. The third-order valence-corrected chi connectivity index (χ3v) is 4.41. The summed E-state index contributed by atoms with van der Waals surface area (Å²) in [6.45, 7) is 2.16. The molecule has 1 fully saturated rings. The van der Waals surface area contributed by atoms with Gasteiger partial charge in [-0.3, -0.25) is 4.79 Å². The Hall–Kier alpha value is -1.53. The van der Waals surface area contributed by atoms with Crippen molar-refractivity contribution in [3.8, 4) is 11.8 Å². The number of aliphatic hydroxyl groups excluding tert-OH is 1. The van der Waals surface area contributed by atoms with Gasteiger partial charge in [0.25, 0.3) is 0 Å². The van der Waals surface area contributed by atoms with Crippen molar-refractivity contribution in [2.24, 2.45) is 11.8 Å². The van der Waals surface area contributed by atoms with Crippen molar-refractivity contribution in [3.05, 3.63) is 24.3 Å². The Morgan fingerprint density at radius 3 is 2.83 bits per heavy atom. The van der Waals surface area contributed by atoms with Gasteiger partial charge in [-0.15, -0.1) is 0 Å². The molecular formula is C21H32O3. The molecule has 0 heterocycles. The first-order chi connectivity index (χ1) is 11.6. The van der Waals surface area contributed by atoms with Crippen LogP contribution in [0, 0.1) is 23.7 Å². The molecule has 1 aliphatic rings. The third kappa shape index (κ3) is 11.1. The molecule has 3 atom stereocenters. The summed E-state index contributed by atoms with van der Waals surface area (Å²) >= 11 is 0. The molecule has 0 radical (unpaired) electrons. The first-order valence-electron chi connectivity index (χ1n) is 9.33. The van der Waals surface area contributed by atoms with E-state index in [2.05, 4.69) is 30.9 Å². The lowest BCUT2D eigenvalue weighted by Crippen LogP contribution is -2.00. The van der Waals surface area contributed by atoms with E-state index in [0.717, 1.165) is 44.4 Å². The Labute approximate surface area is 146 Å². The molecule has 0 unspecified atom stereocenters. The Balaban J connectivity index is 2.04. The van der Waals surface area contributed by atoms with E-state index >= 15 is 0 Å². The van der Waals surface area contributed by atoms with Gasteiger partial charge in [0.05, 0.1) is 6.10 Å². The number of aliphatic carboxylic acids is 1. The van der Waals surface area contributed by atoms with Gasteiger partial charge in [-0.1, -0.05) is 50.2 Å². The minimum absolute atomic E-state index is 0.257. The molecule has 1 rings (SSSR count). The van der Waals surface area contributed by atoms with E-state index in [1.165, 1.54) is 19.3 Å². The van der Waals surface area contributed by atoms with Crippen molar-refractivity contribution in [2.75, 3.05) is 0 Å². The van der Waals surface area contributed by atoms with Crippen LogP contribution in [0.15, 0.2) is 24.3 Å². The normalized spacial score (nSPS) is 20.9. The fourth-order valence-corrected chi connectivity index (χ4v) is 2.72. The smallest absolute Gasteiger partial charge is 0.303 e. The highest BCUT2D eigenvalue weighted by Gasteiger charge is 2.34. The number of aliphatic hydroxyl groups is 1. The average Bonchev–Trinajstić information content (AvgIpc) is 3.29. The second-order valence-corrected chi connectivity index (χ2v) is 6.70. The number of rotatable bonds is 12. The topological polar surface area (TPSA) is 57.5 Å². The van der Waals surface area contributed by atoms with Crippen LogP contribution in [-0.4, -0.2) is 22.3 Å². The van der Waals surface area contributed by atoms with Crippen molar-refractivity contribution in [3.63, 3.8) is 0 Å². The molecule has 1 aliphatic carbocycles. The molecular weight excluding hydrogens is 300 g/mol. The summed E-state index contributed by atoms with van der Waals surface area (Å²) in [4.78, 5) is 10.4. The molecule has 24 heavy (non-hydrogen) atoms. The maximum absolute atomic E-state index is 10.4. The van der Waals surface area contributed by atoms with Crippen LogP contribution in [0.4, 0.5) is 0 Å². The first kappa shape index (κ1) is 20.5. The second-order valence-electron chi connectivity index (χ2n) is 6.70. The van der Waals surface area contributed by atoms with Crippen molar-refractivity contribution in [1.29, 1.82) is 0 Å². The molecule has 0 aromatic rings. The Kier molecular flexibility index (Phi) is 11.0. The van der Waals surface area contributed by atoms with Crippen molar-refractivity contribution in [2.45, 2.75) is 77.2 Å². The second kappa shape index (κ2) is 12.8. The molecule has 0 saturated heterocycles. The van der Waals surface area contributed by atoms with E-state index in [0.29, 0.717) is 5.92 Å². The van der Waals surface area contributed by atoms with Crippen LogP contribution < -0.4 is 0 Å². The van der Waals surface area contributed by atoms with Crippen LogP contribution in [0.3, 0.4) is 0 Å². The summed E-state index contributed by atoms with van der Waals surface area (Å²) < 4.78 is 0. The lowest BCUT2D eigenvalue weighted by molar-refractivity contribution is -0.137. The van der Waals surface area contributed by atoms with E-state index < -0.39 is 5.97 Å². The number of hydrogen-bond donors (Lipinski definition) is 2. The van der Waals surface area contributed by atoms with Gasteiger partial charge in [-0.25, -0.2) is 0 Å². The van der Waals surface area contributed by atoms with Crippen LogP contribution in [0.1, 0.15) is 71.1 Å². The Morgan fingerprint density at radius 2 is 2.08 bits per heavy atom. The number of unbranched alkanes of at least 4 members (excludes halogenated alkanes) is 3. The lowest BCUT2D eigenvalue weighted by atomic mass is 10.1. The molecule has 0 aliphatic heterocycles. The number of carbonyl (C=O) groups is 1. The largest absolute Gasteiger partial charge is 0.481 e. The fourth-order valence-electron chi connectivity index (χ4n) is 2.72. The number of carboxylic acid groups (broad SMARTS) is 1. The predicted octanol–water partition coefficient (Wildman–Crippen LogP) is 4.71. The number of allylic oxidation sites excluding steroid dienone is 3. The maximum atomic E-state index is 10.4. The zero-order chi connectivity index (χ0) is 17.6. The van der Waals surface area contributed by atoms with Crippen LogP contribution in [0.2, 0.25) is 0 Å². The van der Waals surface area contributed by atoms with Crippen LogP contribution >= 0.6 is 0 Å². The fraction of sp³-hybridized carbons (Fsp3) is 0.667. The van der Waals surface area contributed by atoms with Gasteiger partial charge in [-0.05, 0) is 56.1 Å². The van der Waals surface area contributed by atoms with Crippen molar-refractivity contribution < 1.29 is 15.0 Å². The number of carboxylic acids is 1. The van der Waals surface area contributed by atoms with Crippen LogP contribution in [0.5, 0.6) is 0 Å². The number of hydrogen-bond acceptors (Lipinski definition) is 2. The molecule has 134 valence electrons. The van der Waals surface area contributed by atoms with Gasteiger partial charge in [0.2, 0.25) is 0 Å². The minimum Gasteiger partial charge on any atom is -0.481 e. The van der Waals surface area contributed by atoms with E-state index in [4.69, 9.17) is 5.11 Å². The molecule has 0 bridgehead atoms. The molecule has 3 heteroatoms. The summed E-state index contributed by atoms with van der Waals surface area (Å²) in [6, 6.07) is 0. The summed E-state index contributed by atoms with van der Waals surface area (Å²) in [6.07, 6.45) is 16.9. The molecule has 0 amide bonds. The van der Waals surface area contributed by atoms with Crippen molar-refractivity contribution >= 4 is 5.97 Å². The highest BCUT2D eigenvalue weighted by atomic mass is 16.4. The van der Waals surface area contributed by atoms with Crippen LogP contribution in [0.25, 0.3) is 0 Å². The maximum Gasteiger partial charge on any atom is 0.303 e. The van der Waals surface area contributed by atoms with Gasteiger partial charge in [-0.2, -0.15) is 0 Å². The van der Waals surface area contributed by atoms with E-state index in [1.807, 2.05) is 0 Å². The lowest BCUT2D eigenvalue weighted by Gasteiger charge is -2.02. The highest BCUT2D eigenvalue weighted by Crippen LogP contribution is 2.43. The molecule has 3 nitrogen and oxygen atoms in total. The molecule has 0 spiro atoms. The summed E-state index contributed by atoms with van der Waals surface area (Å²) in [5, 5.41) is 18.3. The zero-order valence-corrected chi connectivity index (χ0v) is 14.9. The molecule has 0 aromatic carbocycles. The van der Waals surface area contributed by atoms with Gasteiger partial charge in [0.1, 0.15) is 0 Å². The highest BCUT2D eigenvalue weighted by molar-refractivity contribution is 5.66. The third-order valence-electron chi connectivity index (χ3n) is 4.41. The summed E-state index contributed by atoms with van der Waals surface area (Å²) in [7, 11) is 0. The van der Waals surface area contributed by atoms with E-state index in [9.17, 15) is 9.90 Å². The van der Waals surface area contributed by atoms with Gasteiger partial charge < -0.3 is 10.2 Å². The van der Waals surface area contributed by atoms with E-state index in [-0.39, 0.29) is 12.5 Å². The van der Waals surface area contributed by atoms with Crippen molar-refractivity contribution in [1.82, 2.24) is 0 Å². The SMILES string of the molecule is CCCCC[C@@H](O)/C=C/C#CC[C@H]1C[C@@H]1C/C=C\CCCC(=O)O. The minimum atomic E-state index is -0.716. The van der Waals surface area contributed by atoms with Gasteiger partial charge in [0.15, 0.2) is 0 Å².